The molecular formula is C12H22F5N. The maximum absolute atomic E-state index is 14.4. The summed E-state index contributed by atoms with van der Waals surface area (Å²) in [6.45, 7) is 6.32. The Morgan fingerprint density at radius 3 is 1.22 bits per heavy atom. The average molecular weight is 275 g/mol. The molecule has 0 aliphatic carbocycles. The summed E-state index contributed by atoms with van der Waals surface area (Å²) in [6.07, 6.45) is -4.97. The zero-order valence-electron chi connectivity index (χ0n) is 11.9. The van der Waals surface area contributed by atoms with Crippen LogP contribution in [0.3, 0.4) is 0 Å². The number of hydrogen-bond acceptors (Lipinski definition) is 1. The van der Waals surface area contributed by atoms with Crippen LogP contribution in [0.5, 0.6) is 0 Å². The van der Waals surface area contributed by atoms with Crippen LogP contribution in [-0.2, 0) is 0 Å². The fourth-order valence-electron chi connectivity index (χ4n) is 1.66. The minimum absolute atomic E-state index is 0.542. The van der Waals surface area contributed by atoms with Crippen LogP contribution in [0.4, 0.5) is 22.0 Å². The van der Waals surface area contributed by atoms with Gasteiger partial charge in [-0.3, -0.25) is 0 Å². The lowest BCUT2D eigenvalue weighted by Gasteiger charge is -2.52. The number of nitrogens with one attached hydrogen (secondary N) is 1. The number of alkyl halides is 5. The van der Waals surface area contributed by atoms with Gasteiger partial charge in [-0.15, -0.1) is 0 Å². The molecule has 0 aliphatic rings. The van der Waals surface area contributed by atoms with Gasteiger partial charge in [-0.05, 0) is 34.7 Å². The molecule has 0 rings (SSSR count). The molecule has 0 heterocycles. The Bertz CT molecular complexity index is 302. The van der Waals surface area contributed by atoms with Gasteiger partial charge in [0.05, 0.1) is 0 Å². The normalized spacial score (nSPS) is 16.0. The van der Waals surface area contributed by atoms with Gasteiger partial charge in [0, 0.05) is 11.0 Å². The van der Waals surface area contributed by atoms with Crippen LogP contribution in [0.15, 0.2) is 0 Å². The highest BCUT2D eigenvalue weighted by atomic mass is 19.4. The molecule has 110 valence electrons. The Labute approximate surface area is 105 Å². The molecule has 0 amide bonds. The quantitative estimate of drug-likeness (QED) is 0.757. The summed E-state index contributed by atoms with van der Waals surface area (Å²) in [5, 5.41) is 2.66. The maximum Gasteiger partial charge on any atom is 0.399 e. The lowest BCUT2D eigenvalue weighted by molar-refractivity contribution is -0.321. The molecule has 0 fully saturated rings. The molecule has 0 radical (unpaired) electrons. The standard InChI is InChI=1S/C12H22F5N/c1-8(2,10(5,6)18-7)11(13,14)9(3,4)12(15,16)17/h18H,1-7H3. The SMILES string of the molecule is CNC(C)(C)C(C)(C)C(F)(F)C(C)(C)C(F)(F)F. The van der Waals surface area contributed by atoms with Gasteiger partial charge in [-0.2, -0.15) is 13.2 Å². The van der Waals surface area contributed by atoms with E-state index in [4.69, 9.17) is 0 Å². The first-order valence-electron chi connectivity index (χ1n) is 5.69. The van der Waals surface area contributed by atoms with Crippen LogP contribution in [0, 0.1) is 10.8 Å². The van der Waals surface area contributed by atoms with E-state index in [0.717, 1.165) is 13.8 Å². The summed E-state index contributed by atoms with van der Waals surface area (Å²) >= 11 is 0. The molecule has 0 bridgehead atoms. The van der Waals surface area contributed by atoms with Crippen LogP contribution < -0.4 is 5.32 Å². The maximum atomic E-state index is 14.4. The average Bonchev–Trinajstić information content (AvgIpc) is 2.15. The first-order valence-corrected chi connectivity index (χ1v) is 5.69. The van der Waals surface area contributed by atoms with E-state index in [-0.39, 0.29) is 0 Å². The van der Waals surface area contributed by atoms with E-state index in [1.807, 2.05) is 0 Å². The Kier molecular flexibility index (Phi) is 4.23. The zero-order valence-corrected chi connectivity index (χ0v) is 11.9. The fourth-order valence-corrected chi connectivity index (χ4v) is 1.66. The van der Waals surface area contributed by atoms with Gasteiger partial charge < -0.3 is 5.32 Å². The van der Waals surface area contributed by atoms with Crippen molar-refractivity contribution >= 4 is 0 Å². The molecule has 18 heavy (non-hydrogen) atoms. The van der Waals surface area contributed by atoms with E-state index in [1.54, 1.807) is 0 Å². The van der Waals surface area contributed by atoms with Crippen molar-refractivity contribution in [1.29, 1.82) is 0 Å². The summed E-state index contributed by atoms with van der Waals surface area (Å²) in [6, 6.07) is 0. The Hall–Kier alpha value is -0.390. The molecule has 0 spiro atoms. The van der Waals surface area contributed by atoms with E-state index in [9.17, 15) is 22.0 Å². The second-order valence-corrected chi connectivity index (χ2v) is 6.20. The van der Waals surface area contributed by atoms with Crippen molar-refractivity contribution in [1.82, 2.24) is 5.32 Å². The fraction of sp³-hybridized carbons (Fsp3) is 1.00. The Morgan fingerprint density at radius 2 is 1.00 bits per heavy atom. The molecule has 0 atom stereocenters. The predicted octanol–water partition coefficient (Wildman–Crippen LogP) is 4.23. The lowest BCUT2D eigenvalue weighted by atomic mass is 9.62. The van der Waals surface area contributed by atoms with Crippen molar-refractivity contribution in [2.45, 2.75) is 59.2 Å². The largest absolute Gasteiger partial charge is 0.399 e. The minimum atomic E-state index is -4.97. The third kappa shape index (κ3) is 2.24. The van der Waals surface area contributed by atoms with Gasteiger partial charge in [-0.25, -0.2) is 8.78 Å². The predicted molar refractivity (Wildman–Crippen MR) is 61.7 cm³/mol. The minimum Gasteiger partial charge on any atom is -0.314 e. The van der Waals surface area contributed by atoms with E-state index >= 15 is 0 Å². The second kappa shape index (κ2) is 4.32. The van der Waals surface area contributed by atoms with E-state index < -0.39 is 28.5 Å². The van der Waals surface area contributed by atoms with Gasteiger partial charge in [0.2, 0.25) is 0 Å². The Balaban J connectivity index is 5.80. The summed E-state index contributed by atoms with van der Waals surface area (Å²) in [5.41, 5.74) is -6.13. The van der Waals surface area contributed by atoms with E-state index in [0.29, 0.717) is 13.8 Å². The van der Waals surface area contributed by atoms with Crippen molar-refractivity contribution in [2.75, 3.05) is 7.05 Å². The lowest BCUT2D eigenvalue weighted by Crippen LogP contribution is -2.65. The first-order chi connectivity index (χ1) is 7.56. The van der Waals surface area contributed by atoms with Gasteiger partial charge in [0.25, 0.3) is 5.92 Å². The molecule has 0 unspecified atom stereocenters. The van der Waals surface area contributed by atoms with Crippen molar-refractivity contribution in [3.8, 4) is 0 Å². The van der Waals surface area contributed by atoms with Gasteiger partial charge >= 0.3 is 6.18 Å². The molecule has 1 nitrogen and oxygen atoms in total. The third-order valence-corrected chi connectivity index (χ3v) is 4.47. The third-order valence-electron chi connectivity index (χ3n) is 4.47. The highest BCUT2D eigenvalue weighted by Gasteiger charge is 2.71. The highest BCUT2D eigenvalue weighted by molar-refractivity contribution is 5.08. The molecular weight excluding hydrogens is 253 g/mol. The summed E-state index contributed by atoms with van der Waals surface area (Å²) in [7, 11) is 1.46. The molecule has 0 aliphatic heterocycles. The molecule has 0 saturated heterocycles. The van der Waals surface area contributed by atoms with Crippen molar-refractivity contribution in [3.05, 3.63) is 0 Å². The molecule has 0 aromatic heterocycles. The smallest absolute Gasteiger partial charge is 0.314 e. The van der Waals surface area contributed by atoms with Crippen molar-refractivity contribution < 1.29 is 22.0 Å². The number of hydrogen-bond donors (Lipinski definition) is 1. The van der Waals surface area contributed by atoms with Gasteiger partial charge in [-0.1, -0.05) is 13.8 Å². The summed E-state index contributed by atoms with van der Waals surface area (Å²) in [4.78, 5) is 0. The van der Waals surface area contributed by atoms with E-state index in [2.05, 4.69) is 5.32 Å². The van der Waals surface area contributed by atoms with Crippen LogP contribution >= 0.6 is 0 Å². The summed E-state index contributed by atoms with van der Waals surface area (Å²) in [5.74, 6) is -3.93. The van der Waals surface area contributed by atoms with Crippen LogP contribution in [0.1, 0.15) is 41.5 Å². The Morgan fingerprint density at radius 1 is 0.667 bits per heavy atom. The van der Waals surface area contributed by atoms with Crippen LogP contribution in [0.2, 0.25) is 0 Å². The monoisotopic (exact) mass is 275 g/mol. The van der Waals surface area contributed by atoms with Gasteiger partial charge in [0.1, 0.15) is 5.41 Å². The second-order valence-electron chi connectivity index (χ2n) is 6.20. The first kappa shape index (κ1) is 17.6. The van der Waals surface area contributed by atoms with Crippen molar-refractivity contribution in [3.63, 3.8) is 0 Å². The summed E-state index contributed by atoms with van der Waals surface area (Å²) < 4.78 is 67.3. The highest BCUT2D eigenvalue weighted by Crippen LogP contribution is 2.59. The number of rotatable bonds is 4. The zero-order chi connectivity index (χ0) is 15.2. The molecule has 0 saturated carbocycles. The van der Waals surface area contributed by atoms with Gasteiger partial charge in [0.15, 0.2) is 0 Å². The van der Waals surface area contributed by atoms with Crippen LogP contribution in [0.25, 0.3) is 0 Å². The van der Waals surface area contributed by atoms with Crippen LogP contribution in [-0.4, -0.2) is 24.7 Å². The molecule has 0 aromatic rings. The van der Waals surface area contributed by atoms with E-state index in [1.165, 1.54) is 20.9 Å². The topological polar surface area (TPSA) is 12.0 Å². The molecule has 1 N–H and O–H groups in total. The van der Waals surface area contributed by atoms with Crippen molar-refractivity contribution in [2.24, 2.45) is 10.8 Å². The molecule has 0 aromatic carbocycles. The molecule has 6 heteroatoms. The number of halogens is 5.